The van der Waals surface area contributed by atoms with E-state index in [0.29, 0.717) is 30.5 Å². The lowest BCUT2D eigenvalue weighted by Gasteiger charge is -2.32. The molecule has 0 aromatic heterocycles. The lowest BCUT2D eigenvalue weighted by molar-refractivity contribution is -0.141. The summed E-state index contributed by atoms with van der Waals surface area (Å²) in [5.74, 6) is -1.09. The Labute approximate surface area is 237 Å². The van der Waals surface area contributed by atoms with Gasteiger partial charge in [-0.25, -0.2) is 0 Å². The summed E-state index contributed by atoms with van der Waals surface area (Å²) in [4.78, 5) is 55.5. The smallest absolute Gasteiger partial charge is 0.261 e. The van der Waals surface area contributed by atoms with Gasteiger partial charge >= 0.3 is 0 Å². The molecular weight excluding hydrogens is 558 g/mol. The van der Waals surface area contributed by atoms with Crippen LogP contribution in [0.2, 0.25) is 0 Å². The lowest BCUT2D eigenvalue weighted by Crippen LogP contribution is -2.50. The van der Waals surface area contributed by atoms with E-state index in [1.54, 1.807) is 29.2 Å². The maximum Gasteiger partial charge on any atom is 0.261 e. The summed E-state index contributed by atoms with van der Waals surface area (Å²) < 4.78 is 0.882. The highest BCUT2D eigenvalue weighted by molar-refractivity contribution is 9.10. The Bertz CT molecular complexity index is 1310. The molecule has 1 heterocycles. The molecule has 0 spiro atoms. The van der Waals surface area contributed by atoms with Crippen LogP contribution in [0.5, 0.6) is 0 Å². The molecule has 4 rings (SSSR count). The zero-order valence-corrected chi connectivity index (χ0v) is 23.5. The molecule has 202 valence electrons. The summed E-state index contributed by atoms with van der Waals surface area (Å²) in [5.41, 5.74) is 2.62. The molecule has 3 aromatic rings. The van der Waals surface area contributed by atoms with E-state index >= 15 is 0 Å². The van der Waals surface area contributed by atoms with Crippen LogP contribution >= 0.6 is 15.9 Å². The highest BCUT2D eigenvalue weighted by atomic mass is 79.9. The Morgan fingerprint density at radius 3 is 2.18 bits per heavy atom. The van der Waals surface area contributed by atoms with E-state index < -0.39 is 6.04 Å². The number of benzene rings is 3. The maximum absolute atomic E-state index is 13.7. The lowest BCUT2D eigenvalue weighted by atomic mass is 10.0. The van der Waals surface area contributed by atoms with Crippen molar-refractivity contribution in [3.63, 3.8) is 0 Å². The van der Waals surface area contributed by atoms with Gasteiger partial charge in [0, 0.05) is 36.9 Å². The maximum atomic E-state index is 13.7. The molecule has 1 unspecified atom stereocenters. The topological polar surface area (TPSA) is 86.8 Å². The molecule has 1 aliphatic heterocycles. The fourth-order valence-electron chi connectivity index (χ4n) is 4.73. The molecule has 3 aromatic carbocycles. The Morgan fingerprint density at radius 2 is 1.54 bits per heavy atom. The summed E-state index contributed by atoms with van der Waals surface area (Å²) in [6, 6.07) is 23.3. The number of imide groups is 1. The monoisotopic (exact) mass is 589 g/mol. The Kier molecular flexibility index (Phi) is 9.65. The van der Waals surface area contributed by atoms with E-state index in [1.165, 1.54) is 4.90 Å². The van der Waals surface area contributed by atoms with Crippen molar-refractivity contribution in [3.05, 3.63) is 106 Å². The zero-order valence-electron chi connectivity index (χ0n) is 21.9. The van der Waals surface area contributed by atoms with Crippen LogP contribution in [0.4, 0.5) is 0 Å². The number of fused-ring (bicyclic) bond motifs is 1. The van der Waals surface area contributed by atoms with Gasteiger partial charge in [-0.15, -0.1) is 0 Å². The first kappa shape index (κ1) is 28.2. The predicted octanol–water partition coefficient (Wildman–Crippen LogP) is 4.99. The second-order valence-electron chi connectivity index (χ2n) is 9.56. The van der Waals surface area contributed by atoms with Crippen molar-refractivity contribution >= 4 is 39.6 Å². The van der Waals surface area contributed by atoms with Crippen LogP contribution in [0.3, 0.4) is 0 Å². The van der Waals surface area contributed by atoms with Gasteiger partial charge < -0.3 is 10.2 Å². The van der Waals surface area contributed by atoms with Crippen molar-refractivity contribution in [1.82, 2.24) is 15.1 Å². The molecule has 0 saturated carbocycles. The van der Waals surface area contributed by atoms with Gasteiger partial charge in [0.1, 0.15) is 6.04 Å². The van der Waals surface area contributed by atoms with E-state index in [2.05, 4.69) is 21.2 Å². The molecule has 0 radical (unpaired) electrons. The number of nitrogens with one attached hydrogen (secondary N) is 1. The fraction of sp³-hybridized carbons (Fsp3) is 0.290. The van der Waals surface area contributed by atoms with Crippen molar-refractivity contribution in [2.24, 2.45) is 0 Å². The fourth-order valence-corrected chi connectivity index (χ4v) is 5.17. The average Bonchev–Trinajstić information content (AvgIpc) is 3.19. The van der Waals surface area contributed by atoms with Crippen LogP contribution in [0.15, 0.2) is 83.3 Å². The number of hydrogen-bond donors (Lipinski definition) is 1. The van der Waals surface area contributed by atoms with Gasteiger partial charge in [-0.2, -0.15) is 0 Å². The number of carbonyl (C=O) groups excluding carboxylic acids is 4. The second kappa shape index (κ2) is 13.3. The third kappa shape index (κ3) is 7.00. The van der Waals surface area contributed by atoms with Gasteiger partial charge in [0.2, 0.25) is 11.8 Å². The van der Waals surface area contributed by atoms with Gasteiger partial charge in [0.05, 0.1) is 11.1 Å². The third-order valence-corrected chi connectivity index (χ3v) is 7.21. The quantitative estimate of drug-likeness (QED) is 0.301. The van der Waals surface area contributed by atoms with E-state index in [-0.39, 0.29) is 43.1 Å². The van der Waals surface area contributed by atoms with Crippen molar-refractivity contribution < 1.29 is 19.2 Å². The number of amides is 4. The van der Waals surface area contributed by atoms with Gasteiger partial charge in [0.25, 0.3) is 11.8 Å². The number of rotatable bonds is 12. The molecule has 1 atom stereocenters. The van der Waals surface area contributed by atoms with Gasteiger partial charge in [-0.3, -0.25) is 24.1 Å². The van der Waals surface area contributed by atoms with Crippen molar-refractivity contribution in [3.8, 4) is 0 Å². The van der Waals surface area contributed by atoms with Crippen LogP contribution in [0.25, 0.3) is 0 Å². The van der Waals surface area contributed by atoms with Crippen LogP contribution < -0.4 is 5.32 Å². The summed E-state index contributed by atoms with van der Waals surface area (Å²) >= 11 is 3.49. The molecule has 0 fully saturated rings. The molecule has 0 aliphatic carbocycles. The van der Waals surface area contributed by atoms with Gasteiger partial charge in [-0.1, -0.05) is 77.5 Å². The minimum Gasteiger partial charge on any atom is -0.354 e. The van der Waals surface area contributed by atoms with E-state index in [4.69, 9.17) is 0 Å². The summed E-state index contributed by atoms with van der Waals surface area (Å²) in [7, 11) is 0. The Morgan fingerprint density at radius 1 is 0.897 bits per heavy atom. The van der Waals surface area contributed by atoms with Crippen LogP contribution in [0, 0.1) is 0 Å². The highest BCUT2D eigenvalue weighted by Crippen LogP contribution is 2.23. The number of nitrogens with zero attached hydrogens (tertiary/aromatic N) is 2. The van der Waals surface area contributed by atoms with E-state index in [1.807, 2.05) is 61.5 Å². The minimum atomic E-state index is -0.718. The zero-order chi connectivity index (χ0) is 27.8. The molecule has 1 aliphatic rings. The largest absolute Gasteiger partial charge is 0.354 e. The van der Waals surface area contributed by atoms with Crippen LogP contribution in [-0.2, 0) is 22.6 Å². The van der Waals surface area contributed by atoms with Crippen molar-refractivity contribution in [2.45, 2.75) is 45.2 Å². The summed E-state index contributed by atoms with van der Waals surface area (Å²) in [5, 5.41) is 2.97. The first-order chi connectivity index (χ1) is 18.9. The average molecular weight is 591 g/mol. The summed E-state index contributed by atoms with van der Waals surface area (Å²) in [6.45, 7) is 2.88. The molecule has 4 amide bonds. The second-order valence-corrected chi connectivity index (χ2v) is 10.5. The Hall–Kier alpha value is -3.78. The van der Waals surface area contributed by atoms with Crippen molar-refractivity contribution in [1.29, 1.82) is 0 Å². The highest BCUT2D eigenvalue weighted by Gasteiger charge is 2.35. The van der Waals surface area contributed by atoms with Gasteiger partial charge in [-0.05, 0) is 48.2 Å². The molecule has 1 N–H and O–H groups in total. The molecule has 0 bridgehead atoms. The van der Waals surface area contributed by atoms with Gasteiger partial charge in [0.15, 0.2) is 0 Å². The number of halogens is 1. The molecular formula is C31H32BrN3O4. The van der Waals surface area contributed by atoms with Crippen molar-refractivity contribution in [2.75, 3.05) is 13.1 Å². The SMILES string of the molecule is CCCNC(=O)C(Cc1ccccc1)N(Cc1cccc(Br)c1)C(=O)CCCN1C(=O)c2ccccc2C1=O. The molecule has 39 heavy (non-hydrogen) atoms. The van der Waals surface area contributed by atoms with Crippen LogP contribution in [-0.4, -0.2) is 52.6 Å². The molecule has 0 saturated heterocycles. The van der Waals surface area contributed by atoms with E-state index in [0.717, 1.165) is 22.0 Å². The summed E-state index contributed by atoms with van der Waals surface area (Å²) in [6.07, 6.45) is 1.54. The first-order valence-corrected chi connectivity index (χ1v) is 14.0. The third-order valence-electron chi connectivity index (χ3n) is 6.71. The standard InChI is InChI=1S/C31H32BrN3O4/c1-2-17-33-29(37)27(20-22-10-4-3-5-11-22)35(21-23-12-8-13-24(32)19-23)28(36)16-9-18-34-30(38)25-14-6-7-15-26(25)31(34)39/h3-8,10-15,19,27H,2,9,16-18,20-21H2,1H3,(H,33,37). The van der Waals surface area contributed by atoms with E-state index in [9.17, 15) is 19.2 Å². The Balaban J connectivity index is 1.53. The predicted molar refractivity (Wildman–Crippen MR) is 153 cm³/mol. The minimum absolute atomic E-state index is 0.0910. The molecule has 8 heteroatoms. The number of carbonyl (C=O) groups is 4. The normalized spacial score (nSPS) is 13.2. The first-order valence-electron chi connectivity index (χ1n) is 13.2. The number of hydrogen-bond acceptors (Lipinski definition) is 4. The van der Waals surface area contributed by atoms with Crippen LogP contribution in [0.1, 0.15) is 58.0 Å². The molecule has 7 nitrogen and oxygen atoms in total.